The number of amides is 1. The van der Waals surface area contributed by atoms with E-state index in [9.17, 15) is 4.79 Å². The highest BCUT2D eigenvalue weighted by Crippen LogP contribution is 2.34. The zero-order valence-electron chi connectivity index (χ0n) is 14.3. The van der Waals surface area contributed by atoms with Crippen LogP contribution >= 0.6 is 0 Å². The van der Waals surface area contributed by atoms with Crippen molar-refractivity contribution in [1.29, 1.82) is 0 Å². The van der Waals surface area contributed by atoms with Crippen LogP contribution in [-0.4, -0.2) is 22.0 Å². The lowest BCUT2D eigenvalue weighted by molar-refractivity contribution is -0.117. The standard InChI is InChI=1S/C20H21N3O/c1-13-8-9-14(2)18(10-13)23-12-15(11-19(23)24)20-21-16-6-4-5-7-17(16)22(20)3/h4-10,15H,11-12H2,1-3H3/t15-/m1/s1. The molecule has 1 aliphatic heterocycles. The number of carbonyl (C=O) groups is 1. The molecule has 0 aliphatic carbocycles. The van der Waals surface area contributed by atoms with Crippen molar-refractivity contribution in [2.24, 2.45) is 7.05 Å². The second-order valence-corrected chi connectivity index (χ2v) is 6.71. The Morgan fingerprint density at radius 3 is 2.71 bits per heavy atom. The number of fused-ring (bicyclic) bond motifs is 1. The van der Waals surface area contributed by atoms with Crippen LogP contribution in [0.25, 0.3) is 11.0 Å². The molecule has 1 aliphatic rings. The summed E-state index contributed by atoms with van der Waals surface area (Å²) in [5.41, 5.74) is 5.45. The molecule has 0 unspecified atom stereocenters. The van der Waals surface area contributed by atoms with Crippen LogP contribution in [0.3, 0.4) is 0 Å². The molecule has 4 heteroatoms. The molecule has 1 saturated heterocycles. The lowest BCUT2D eigenvalue weighted by atomic mass is 10.1. The summed E-state index contributed by atoms with van der Waals surface area (Å²) in [4.78, 5) is 19.3. The van der Waals surface area contributed by atoms with Crippen molar-refractivity contribution in [2.45, 2.75) is 26.2 Å². The van der Waals surface area contributed by atoms with Gasteiger partial charge in [0.15, 0.2) is 0 Å². The maximum atomic E-state index is 12.6. The van der Waals surface area contributed by atoms with Gasteiger partial charge in [0, 0.05) is 31.6 Å². The van der Waals surface area contributed by atoms with Crippen LogP contribution in [0.5, 0.6) is 0 Å². The van der Waals surface area contributed by atoms with Gasteiger partial charge in [-0.2, -0.15) is 0 Å². The Bertz CT molecular complexity index is 941. The predicted octanol–water partition coefficient (Wildman–Crippen LogP) is 3.71. The summed E-state index contributed by atoms with van der Waals surface area (Å²) in [5.74, 6) is 1.31. The highest BCUT2D eigenvalue weighted by Gasteiger charge is 2.34. The normalized spacial score (nSPS) is 17.9. The minimum absolute atomic E-state index is 0.134. The van der Waals surface area contributed by atoms with E-state index in [1.165, 1.54) is 5.56 Å². The van der Waals surface area contributed by atoms with Gasteiger partial charge in [-0.25, -0.2) is 4.98 Å². The van der Waals surface area contributed by atoms with E-state index in [1.807, 2.05) is 30.1 Å². The number of anilines is 1. The first-order chi connectivity index (χ1) is 11.5. The van der Waals surface area contributed by atoms with Gasteiger partial charge < -0.3 is 9.47 Å². The summed E-state index contributed by atoms with van der Waals surface area (Å²) in [6, 6.07) is 14.4. The van der Waals surface area contributed by atoms with Crippen molar-refractivity contribution in [3.8, 4) is 0 Å². The summed E-state index contributed by atoms with van der Waals surface area (Å²) < 4.78 is 2.12. The Labute approximate surface area is 141 Å². The van der Waals surface area contributed by atoms with E-state index in [4.69, 9.17) is 4.98 Å². The minimum atomic E-state index is 0.134. The van der Waals surface area contributed by atoms with Crippen molar-refractivity contribution < 1.29 is 4.79 Å². The van der Waals surface area contributed by atoms with E-state index >= 15 is 0 Å². The lowest BCUT2D eigenvalue weighted by Gasteiger charge is -2.19. The van der Waals surface area contributed by atoms with E-state index in [1.54, 1.807) is 0 Å². The molecule has 1 amide bonds. The van der Waals surface area contributed by atoms with Gasteiger partial charge in [-0.15, -0.1) is 0 Å². The van der Waals surface area contributed by atoms with Crippen LogP contribution < -0.4 is 4.90 Å². The number of para-hydroxylation sites is 2. The van der Waals surface area contributed by atoms with E-state index in [0.717, 1.165) is 28.1 Å². The molecule has 0 radical (unpaired) electrons. The number of hydrogen-bond acceptors (Lipinski definition) is 2. The fourth-order valence-electron chi connectivity index (χ4n) is 3.65. The fraction of sp³-hybridized carbons (Fsp3) is 0.300. The van der Waals surface area contributed by atoms with Gasteiger partial charge in [-0.1, -0.05) is 24.3 Å². The van der Waals surface area contributed by atoms with E-state index in [0.29, 0.717) is 13.0 Å². The van der Waals surface area contributed by atoms with Crippen LogP contribution in [0.2, 0.25) is 0 Å². The number of aromatic nitrogens is 2. The molecule has 1 atom stereocenters. The van der Waals surface area contributed by atoms with E-state index in [-0.39, 0.29) is 11.8 Å². The largest absolute Gasteiger partial charge is 0.331 e. The molecule has 1 aromatic heterocycles. The molecule has 4 rings (SSSR count). The quantitative estimate of drug-likeness (QED) is 0.722. The third kappa shape index (κ3) is 2.30. The van der Waals surface area contributed by atoms with Gasteiger partial charge in [0.2, 0.25) is 5.91 Å². The van der Waals surface area contributed by atoms with E-state index in [2.05, 4.69) is 42.7 Å². The lowest BCUT2D eigenvalue weighted by Crippen LogP contribution is -2.25. The Morgan fingerprint density at radius 1 is 1.12 bits per heavy atom. The molecule has 3 aromatic rings. The first kappa shape index (κ1) is 14.9. The average Bonchev–Trinajstić information content (AvgIpc) is 3.11. The monoisotopic (exact) mass is 319 g/mol. The average molecular weight is 319 g/mol. The molecular formula is C20H21N3O. The summed E-state index contributed by atoms with van der Waals surface area (Å²) >= 11 is 0. The summed E-state index contributed by atoms with van der Waals surface area (Å²) in [6.45, 7) is 4.82. The molecule has 122 valence electrons. The zero-order chi connectivity index (χ0) is 16.8. The summed E-state index contributed by atoms with van der Waals surface area (Å²) in [7, 11) is 2.04. The van der Waals surface area contributed by atoms with Gasteiger partial charge in [-0.3, -0.25) is 4.79 Å². The first-order valence-corrected chi connectivity index (χ1v) is 8.33. The minimum Gasteiger partial charge on any atom is -0.331 e. The van der Waals surface area contributed by atoms with Gasteiger partial charge in [-0.05, 0) is 43.2 Å². The van der Waals surface area contributed by atoms with Crippen LogP contribution in [0.4, 0.5) is 5.69 Å². The number of carbonyl (C=O) groups excluding carboxylic acids is 1. The number of rotatable bonds is 2. The van der Waals surface area contributed by atoms with Crippen LogP contribution in [0.1, 0.15) is 29.3 Å². The molecule has 0 spiro atoms. The number of aryl methyl sites for hydroxylation is 3. The van der Waals surface area contributed by atoms with Crippen molar-refractivity contribution >= 4 is 22.6 Å². The molecule has 0 bridgehead atoms. The Hall–Kier alpha value is -2.62. The second kappa shape index (κ2) is 5.48. The van der Waals surface area contributed by atoms with Gasteiger partial charge in [0.25, 0.3) is 0 Å². The molecule has 2 heterocycles. The third-order valence-corrected chi connectivity index (χ3v) is 4.97. The Morgan fingerprint density at radius 2 is 1.92 bits per heavy atom. The predicted molar refractivity (Wildman–Crippen MR) is 96.3 cm³/mol. The highest BCUT2D eigenvalue weighted by molar-refractivity contribution is 5.97. The van der Waals surface area contributed by atoms with Crippen molar-refractivity contribution in [3.63, 3.8) is 0 Å². The zero-order valence-corrected chi connectivity index (χ0v) is 14.3. The topological polar surface area (TPSA) is 38.1 Å². The molecular weight excluding hydrogens is 298 g/mol. The summed E-state index contributed by atoms with van der Waals surface area (Å²) in [6.07, 6.45) is 0.518. The molecule has 2 aromatic carbocycles. The third-order valence-electron chi connectivity index (χ3n) is 4.97. The maximum Gasteiger partial charge on any atom is 0.227 e. The van der Waals surface area contributed by atoms with Gasteiger partial charge >= 0.3 is 0 Å². The second-order valence-electron chi connectivity index (χ2n) is 6.71. The van der Waals surface area contributed by atoms with Crippen LogP contribution in [-0.2, 0) is 11.8 Å². The Balaban J connectivity index is 1.71. The number of nitrogens with zero attached hydrogens (tertiary/aromatic N) is 3. The van der Waals surface area contributed by atoms with Crippen molar-refractivity contribution in [1.82, 2.24) is 9.55 Å². The number of imidazole rings is 1. The Kier molecular flexibility index (Phi) is 3.41. The van der Waals surface area contributed by atoms with E-state index < -0.39 is 0 Å². The maximum absolute atomic E-state index is 12.6. The van der Waals surface area contributed by atoms with Gasteiger partial charge in [0.1, 0.15) is 5.82 Å². The first-order valence-electron chi connectivity index (χ1n) is 8.33. The fourth-order valence-corrected chi connectivity index (χ4v) is 3.65. The SMILES string of the molecule is Cc1ccc(C)c(N2C[C@H](c3nc4ccccc4n3C)CC2=O)c1. The van der Waals surface area contributed by atoms with Crippen LogP contribution in [0.15, 0.2) is 42.5 Å². The molecule has 1 fully saturated rings. The molecule has 0 N–H and O–H groups in total. The van der Waals surface area contributed by atoms with Gasteiger partial charge in [0.05, 0.1) is 11.0 Å². The summed E-state index contributed by atoms with van der Waals surface area (Å²) in [5, 5.41) is 0. The van der Waals surface area contributed by atoms with Crippen LogP contribution in [0, 0.1) is 13.8 Å². The molecule has 24 heavy (non-hydrogen) atoms. The van der Waals surface area contributed by atoms with Crippen molar-refractivity contribution in [2.75, 3.05) is 11.4 Å². The molecule has 4 nitrogen and oxygen atoms in total. The smallest absolute Gasteiger partial charge is 0.227 e. The number of benzene rings is 2. The molecule has 0 saturated carbocycles. The highest BCUT2D eigenvalue weighted by atomic mass is 16.2. The number of hydrogen-bond donors (Lipinski definition) is 0. The van der Waals surface area contributed by atoms with Crippen molar-refractivity contribution in [3.05, 3.63) is 59.4 Å².